The number of rotatable bonds is 3. The van der Waals surface area contributed by atoms with E-state index in [0.717, 1.165) is 11.1 Å². The quantitative estimate of drug-likeness (QED) is 0.559. The summed E-state index contributed by atoms with van der Waals surface area (Å²) in [6.45, 7) is 9.13. The number of esters is 1. The van der Waals surface area contributed by atoms with Crippen LogP contribution in [0.15, 0.2) is 36.9 Å². The fourth-order valence-electron chi connectivity index (χ4n) is 1.60. The van der Waals surface area contributed by atoms with Gasteiger partial charge in [0.25, 0.3) is 0 Å². The van der Waals surface area contributed by atoms with Crippen LogP contribution in [0.25, 0.3) is 0 Å². The summed E-state index contributed by atoms with van der Waals surface area (Å²) in [4.78, 5) is 11.2. The Morgan fingerprint density at radius 1 is 1.40 bits per heavy atom. The second kappa shape index (κ2) is 4.30. The Bertz CT molecular complexity index is 378. The van der Waals surface area contributed by atoms with E-state index in [2.05, 4.69) is 6.58 Å². The van der Waals surface area contributed by atoms with Gasteiger partial charge in [0.05, 0.1) is 0 Å². The van der Waals surface area contributed by atoms with E-state index in [4.69, 9.17) is 4.74 Å². The molecule has 0 radical (unpaired) electrons. The Hall–Kier alpha value is -1.57. The fourth-order valence-corrected chi connectivity index (χ4v) is 1.60. The lowest BCUT2D eigenvalue weighted by atomic mass is 9.94. The largest absolute Gasteiger partial charge is 0.452 e. The van der Waals surface area contributed by atoms with Crippen LogP contribution in [0.1, 0.15) is 25.0 Å². The Balaban J connectivity index is 3.00. The Morgan fingerprint density at radius 3 is 2.53 bits per heavy atom. The fraction of sp³-hybridized carbons (Fsp3) is 0.308. The molecule has 0 aliphatic carbocycles. The van der Waals surface area contributed by atoms with Crippen molar-refractivity contribution in [2.24, 2.45) is 0 Å². The average molecular weight is 204 g/mol. The summed E-state index contributed by atoms with van der Waals surface area (Å²) in [5, 5.41) is 0. The molecule has 0 bridgehead atoms. The van der Waals surface area contributed by atoms with Crippen LogP contribution in [-0.4, -0.2) is 5.97 Å². The zero-order chi connectivity index (χ0) is 11.5. The molecule has 2 nitrogen and oxygen atoms in total. The highest BCUT2D eigenvalue weighted by atomic mass is 16.6. The smallest absolute Gasteiger partial charge is 0.331 e. The summed E-state index contributed by atoms with van der Waals surface area (Å²) >= 11 is 0. The molecule has 0 saturated heterocycles. The highest BCUT2D eigenvalue weighted by Crippen LogP contribution is 2.27. The van der Waals surface area contributed by atoms with Crippen LogP contribution in [0.5, 0.6) is 0 Å². The molecule has 1 aromatic carbocycles. The molecule has 0 aliphatic heterocycles. The summed E-state index contributed by atoms with van der Waals surface area (Å²) in [6.07, 6.45) is 1.18. The van der Waals surface area contributed by atoms with Crippen LogP contribution in [-0.2, 0) is 15.1 Å². The van der Waals surface area contributed by atoms with Gasteiger partial charge in [-0.2, -0.15) is 0 Å². The van der Waals surface area contributed by atoms with Gasteiger partial charge in [0, 0.05) is 6.08 Å². The molecule has 0 saturated carbocycles. The van der Waals surface area contributed by atoms with Crippen molar-refractivity contribution in [3.05, 3.63) is 48.0 Å². The monoisotopic (exact) mass is 204 g/mol. The molecule has 0 aliphatic rings. The summed E-state index contributed by atoms with van der Waals surface area (Å²) in [5.41, 5.74) is 1.51. The van der Waals surface area contributed by atoms with Gasteiger partial charge in [-0.1, -0.05) is 30.8 Å². The van der Waals surface area contributed by atoms with Crippen molar-refractivity contribution < 1.29 is 9.53 Å². The third-order valence-corrected chi connectivity index (χ3v) is 2.32. The zero-order valence-electron chi connectivity index (χ0n) is 9.41. The Kier molecular flexibility index (Phi) is 3.30. The zero-order valence-corrected chi connectivity index (χ0v) is 9.41. The minimum absolute atomic E-state index is 0.400. The molecule has 15 heavy (non-hydrogen) atoms. The molecule has 0 N–H and O–H groups in total. The normalized spacial score (nSPS) is 10.9. The van der Waals surface area contributed by atoms with Crippen molar-refractivity contribution in [1.29, 1.82) is 0 Å². The van der Waals surface area contributed by atoms with Crippen LogP contribution >= 0.6 is 0 Å². The van der Waals surface area contributed by atoms with E-state index in [1.165, 1.54) is 6.08 Å². The summed E-state index contributed by atoms with van der Waals surface area (Å²) in [7, 11) is 0. The number of benzene rings is 1. The van der Waals surface area contributed by atoms with Crippen molar-refractivity contribution in [2.45, 2.75) is 26.4 Å². The van der Waals surface area contributed by atoms with Crippen molar-refractivity contribution in [1.82, 2.24) is 0 Å². The molecule has 0 heterocycles. The molecule has 0 spiro atoms. The van der Waals surface area contributed by atoms with E-state index in [1.807, 2.05) is 45.0 Å². The third kappa shape index (κ3) is 2.69. The van der Waals surface area contributed by atoms with E-state index in [1.54, 1.807) is 0 Å². The predicted octanol–water partition coefficient (Wildman–Crippen LogP) is 2.96. The van der Waals surface area contributed by atoms with E-state index < -0.39 is 11.6 Å². The van der Waals surface area contributed by atoms with E-state index in [-0.39, 0.29) is 0 Å². The molecule has 2 heteroatoms. The second-order valence-corrected chi connectivity index (χ2v) is 3.95. The lowest BCUT2D eigenvalue weighted by Crippen LogP contribution is -2.25. The molecule has 0 atom stereocenters. The molecule has 1 aromatic rings. The molecular weight excluding hydrogens is 188 g/mol. The van der Waals surface area contributed by atoms with Crippen LogP contribution in [0, 0.1) is 6.92 Å². The van der Waals surface area contributed by atoms with Gasteiger partial charge >= 0.3 is 5.97 Å². The molecular formula is C13H16O2. The Labute approximate surface area is 90.6 Å². The first-order chi connectivity index (χ1) is 6.97. The summed E-state index contributed by atoms with van der Waals surface area (Å²) in [6, 6.07) is 7.86. The number of hydrogen-bond donors (Lipinski definition) is 0. The lowest BCUT2D eigenvalue weighted by molar-refractivity contribution is -0.151. The number of aryl methyl sites for hydroxylation is 1. The summed E-state index contributed by atoms with van der Waals surface area (Å²) < 4.78 is 5.30. The first-order valence-corrected chi connectivity index (χ1v) is 4.89. The van der Waals surface area contributed by atoms with Gasteiger partial charge in [-0.25, -0.2) is 4.79 Å². The molecule has 0 fully saturated rings. The Morgan fingerprint density at radius 2 is 2.00 bits per heavy atom. The minimum Gasteiger partial charge on any atom is -0.452 e. The average Bonchev–Trinajstić information content (AvgIpc) is 2.17. The standard InChI is InChI=1S/C13H16O2/c1-5-12(14)15-13(3,4)11-9-7-6-8-10(11)2/h5-9H,1H2,2-4H3. The maximum absolute atomic E-state index is 11.2. The topological polar surface area (TPSA) is 26.3 Å². The third-order valence-electron chi connectivity index (χ3n) is 2.32. The first-order valence-electron chi connectivity index (χ1n) is 4.89. The maximum Gasteiger partial charge on any atom is 0.331 e. The molecule has 0 aromatic heterocycles. The van der Waals surface area contributed by atoms with Crippen LogP contribution in [0.3, 0.4) is 0 Å². The van der Waals surface area contributed by atoms with Gasteiger partial charge in [-0.3, -0.25) is 0 Å². The number of ether oxygens (including phenoxy) is 1. The van der Waals surface area contributed by atoms with Crippen molar-refractivity contribution in [2.75, 3.05) is 0 Å². The van der Waals surface area contributed by atoms with Gasteiger partial charge in [0.2, 0.25) is 0 Å². The van der Waals surface area contributed by atoms with Crippen molar-refractivity contribution in [3.8, 4) is 0 Å². The molecule has 80 valence electrons. The SMILES string of the molecule is C=CC(=O)OC(C)(C)c1ccccc1C. The van der Waals surface area contributed by atoms with Gasteiger partial charge < -0.3 is 4.74 Å². The molecule has 1 rings (SSSR count). The number of carbonyl (C=O) groups excluding carboxylic acids is 1. The number of carbonyl (C=O) groups is 1. The van der Waals surface area contributed by atoms with Gasteiger partial charge in [-0.15, -0.1) is 0 Å². The lowest BCUT2D eigenvalue weighted by Gasteiger charge is -2.26. The van der Waals surface area contributed by atoms with Gasteiger partial charge in [0.15, 0.2) is 0 Å². The second-order valence-electron chi connectivity index (χ2n) is 3.95. The minimum atomic E-state index is -0.614. The first kappa shape index (κ1) is 11.5. The van der Waals surface area contributed by atoms with Crippen molar-refractivity contribution >= 4 is 5.97 Å². The maximum atomic E-state index is 11.2. The number of hydrogen-bond acceptors (Lipinski definition) is 2. The predicted molar refractivity (Wildman–Crippen MR) is 60.5 cm³/mol. The van der Waals surface area contributed by atoms with Crippen LogP contribution in [0.2, 0.25) is 0 Å². The molecule has 0 amide bonds. The van der Waals surface area contributed by atoms with Crippen LogP contribution < -0.4 is 0 Å². The van der Waals surface area contributed by atoms with Crippen LogP contribution in [0.4, 0.5) is 0 Å². The van der Waals surface area contributed by atoms with E-state index >= 15 is 0 Å². The molecule has 0 unspecified atom stereocenters. The highest BCUT2D eigenvalue weighted by molar-refractivity contribution is 5.81. The summed E-state index contributed by atoms with van der Waals surface area (Å²) in [5.74, 6) is -0.400. The highest BCUT2D eigenvalue weighted by Gasteiger charge is 2.25. The van der Waals surface area contributed by atoms with Crippen molar-refractivity contribution in [3.63, 3.8) is 0 Å². The van der Waals surface area contributed by atoms with E-state index in [9.17, 15) is 4.79 Å². The van der Waals surface area contributed by atoms with Gasteiger partial charge in [-0.05, 0) is 31.9 Å². The van der Waals surface area contributed by atoms with Gasteiger partial charge in [0.1, 0.15) is 5.60 Å². The van der Waals surface area contributed by atoms with E-state index in [0.29, 0.717) is 0 Å².